The van der Waals surface area contributed by atoms with Crippen LogP contribution in [0.4, 0.5) is 0 Å². The molecule has 0 heterocycles. The molecule has 0 bridgehead atoms. The lowest BCUT2D eigenvalue weighted by Crippen LogP contribution is -2.41. The molecule has 0 aliphatic heterocycles. The number of aryl methyl sites for hydroxylation is 1. The van der Waals surface area contributed by atoms with Crippen LogP contribution in [0.2, 0.25) is 0 Å². The molecule has 0 unspecified atom stereocenters. The molecule has 0 atom stereocenters. The molecular formula is C20H24N2O5. The van der Waals surface area contributed by atoms with Crippen molar-refractivity contribution in [2.45, 2.75) is 19.8 Å². The van der Waals surface area contributed by atoms with Crippen molar-refractivity contribution in [1.29, 1.82) is 0 Å². The molecule has 144 valence electrons. The van der Waals surface area contributed by atoms with Gasteiger partial charge in [-0.2, -0.15) is 0 Å². The second kappa shape index (κ2) is 10.1. The zero-order chi connectivity index (χ0) is 19.6. The van der Waals surface area contributed by atoms with Crippen molar-refractivity contribution in [3.63, 3.8) is 0 Å². The Bertz CT molecular complexity index is 774. The number of nitrogens with one attached hydrogen (secondary N) is 2. The van der Waals surface area contributed by atoms with Gasteiger partial charge >= 0.3 is 0 Å². The first-order chi connectivity index (χ1) is 13.0. The summed E-state index contributed by atoms with van der Waals surface area (Å²) in [5, 5.41) is 0. The lowest BCUT2D eigenvalue weighted by molar-refractivity contribution is -0.122. The van der Waals surface area contributed by atoms with Gasteiger partial charge in [-0.05, 0) is 43.7 Å². The highest BCUT2D eigenvalue weighted by Crippen LogP contribution is 2.27. The van der Waals surface area contributed by atoms with E-state index in [0.29, 0.717) is 30.1 Å². The number of amides is 2. The standard InChI is InChI=1S/C20H24N2O5/c1-14-6-9-16(10-7-14)27-12-4-5-19(23)21-22-20(24)15-8-11-17(25-2)18(13-15)26-3/h6-11,13H,4-5,12H2,1-3H3,(H,21,23)(H,22,24). The molecular weight excluding hydrogens is 348 g/mol. The van der Waals surface area contributed by atoms with E-state index in [-0.39, 0.29) is 12.3 Å². The summed E-state index contributed by atoms with van der Waals surface area (Å²) in [5.74, 6) is 0.982. The average molecular weight is 372 g/mol. The van der Waals surface area contributed by atoms with Crippen LogP contribution in [0.15, 0.2) is 42.5 Å². The summed E-state index contributed by atoms with van der Waals surface area (Å²) >= 11 is 0. The summed E-state index contributed by atoms with van der Waals surface area (Å²) < 4.78 is 15.8. The summed E-state index contributed by atoms with van der Waals surface area (Å²) in [7, 11) is 3.00. The maximum Gasteiger partial charge on any atom is 0.269 e. The first-order valence-electron chi connectivity index (χ1n) is 8.54. The quantitative estimate of drug-likeness (QED) is 0.550. The van der Waals surface area contributed by atoms with Gasteiger partial charge in [0.25, 0.3) is 5.91 Å². The van der Waals surface area contributed by atoms with Crippen molar-refractivity contribution < 1.29 is 23.8 Å². The Balaban J connectivity index is 1.71. The first kappa shape index (κ1) is 20.1. The van der Waals surface area contributed by atoms with E-state index in [2.05, 4.69) is 10.9 Å². The fourth-order valence-electron chi connectivity index (χ4n) is 2.30. The van der Waals surface area contributed by atoms with E-state index in [0.717, 1.165) is 11.3 Å². The molecule has 0 spiro atoms. The third-order valence-corrected chi connectivity index (χ3v) is 3.80. The smallest absolute Gasteiger partial charge is 0.269 e. The van der Waals surface area contributed by atoms with E-state index < -0.39 is 5.91 Å². The number of ether oxygens (including phenoxy) is 3. The van der Waals surface area contributed by atoms with Gasteiger partial charge in [0.05, 0.1) is 20.8 Å². The Kier molecular flexibility index (Phi) is 7.49. The van der Waals surface area contributed by atoms with E-state index in [1.165, 1.54) is 20.3 Å². The summed E-state index contributed by atoms with van der Waals surface area (Å²) in [5.41, 5.74) is 6.27. The minimum Gasteiger partial charge on any atom is -0.494 e. The zero-order valence-corrected chi connectivity index (χ0v) is 15.7. The normalized spacial score (nSPS) is 10.0. The molecule has 0 radical (unpaired) electrons. The SMILES string of the molecule is COc1ccc(C(=O)NNC(=O)CCCOc2ccc(C)cc2)cc1OC. The Labute approximate surface area is 158 Å². The Morgan fingerprint density at radius 1 is 0.926 bits per heavy atom. The molecule has 2 aromatic rings. The van der Waals surface area contributed by atoms with Gasteiger partial charge in [0.15, 0.2) is 11.5 Å². The molecule has 2 rings (SSSR count). The molecule has 7 heteroatoms. The van der Waals surface area contributed by atoms with Crippen LogP contribution in [0.1, 0.15) is 28.8 Å². The second-order valence-corrected chi connectivity index (χ2v) is 5.84. The minimum absolute atomic E-state index is 0.234. The van der Waals surface area contributed by atoms with Crippen molar-refractivity contribution in [2.75, 3.05) is 20.8 Å². The fraction of sp³-hybridized carbons (Fsp3) is 0.300. The van der Waals surface area contributed by atoms with E-state index in [1.807, 2.05) is 31.2 Å². The number of carbonyl (C=O) groups excluding carboxylic acids is 2. The van der Waals surface area contributed by atoms with Crippen LogP contribution in [0, 0.1) is 6.92 Å². The van der Waals surface area contributed by atoms with Crippen molar-refractivity contribution >= 4 is 11.8 Å². The fourth-order valence-corrected chi connectivity index (χ4v) is 2.30. The number of rotatable bonds is 8. The largest absolute Gasteiger partial charge is 0.494 e. The maximum atomic E-state index is 12.1. The highest BCUT2D eigenvalue weighted by atomic mass is 16.5. The van der Waals surface area contributed by atoms with Gasteiger partial charge in [0, 0.05) is 12.0 Å². The number of hydrazine groups is 1. The number of methoxy groups -OCH3 is 2. The Morgan fingerprint density at radius 3 is 2.30 bits per heavy atom. The van der Waals surface area contributed by atoms with E-state index in [1.54, 1.807) is 12.1 Å². The highest BCUT2D eigenvalue weighted by Gasteiger charge is 2.11. The number of hydrogen-bond acceptors (Lipinski definition) is 5. The molecule has 0 aromatic heterocycles. The van der Waals surface area contributed by atoms with Crippen LogP contribution in [0.5, 0.6) is 17.2 Å². The monoisotopic (exact) mass is 372 g/mol. The summed E-state index contributed by atoms with van der Waals surface area (Å²) in [6, 6.07) is 12.4. The molecule has 7 nitrogen and oxygen atoms in total. The number of benzene rings is 2. The second-order valence-electron chi connectivity index (χ2n) is 5.84. The first-order valence-corrected chi connectivity index (χ1v) is 8.54. The van der Waals surface area contributed by atoms with Gasteiger partial charge in [-0.3, -0.25) is 20.4 Å². The molecule has 0 saturated heterocycles. The van der Waals surface area contributed by atoms with Crippen LogP contribution in [-0.4, -0.2) is 32.6 Å². The summed E-state index contributed by atoms with van der Waals surface area (Å²) in [4.78, 5) is 23.9. The molecule has 0 aliphatic rings. The number of carbonyl (C=O) groups is 2. The molecule has 0 fully saturated rings. The third-order valence-electron chi connectivity index (χ3n) is 3.80. The lowest BCUT2D eigenvalue weighted by atomic mass is 10.2. The Morgan fingerprint density at radius 2 is 1.63 bits per heavy atom. The van der Waals surface area contributed by atoms with Crippen molar-refractivity contribution in [3.05, 3.63) is 53.6 Å². The van der Waals surface area contributed by atoms with E-state index in [9.17, 15) is 9.59 Å². The van der Waals surface area contributed by atoms with Gasteiger partial charge < -0.3 is 14.2 Å². The van der Waals surface area contributed by atoms with Crippen LogP contribution < -0.4 is 25.1 Å². The van der Waals surface area contributed by atoms with Gasteiger partial charge in [0.1, 0.15) is 5.75 Å². The summed E-state index contributed by atoms with van der Waals surface area (Å²) in [6.45, 7) is 2.42. The molecule has 2 aromatic carbocycles. The van der Waals surface area contributed by atoms with Crippen molar-refractivity contribution in [2.24, 2.45) is 0 Å². The van der Waals surface area contributed by atoms with Gasteiger partial charge in [-0.15, -0.1) is 0 Å². The average Bonchev–Trinajstić information content (AvgIpc) is 2.70. The molecule has 27 heavy (non-hydrogen) atoms. The molecule has 0 aliphatic carbocycles. The zero-order valence-electron chi connectivity index (χ0n) is 15.7. The van der Waals surface area contributed by atoms with Gasteiger partial charge in [0.2, 0.25) is 5.91 Å². The van der Waals surface area contributed by atoms with Crippen LogP contribution in [0.3, 0.4) is 0 Å². The van der Waals surface area contributed by atoms with Gasteiger partial charge in [-0.25, -0.2) is 0 Å². The minimum atomic E-state index is -0.444. The van der Waals surface area contributed by atoms with E-state index >= 15 is 0 Å². The maximum absolute atomic E-state index is 12.1. The Hall–Kier alpha value is -3.22. The predicted molar refractivity (Wildman–Crippen MR) is 101 cm³/mol. The lowest BCUT2D eigenvalue weighted by Gasteiger charge is -2.11. The van der Waals surface area contributed by atoms with Crippen molar-refractivity contribution in [3.8, 4) is 17.2 Å². The molecule has 0 saturated carbocycles. The topological polar surface area (TPSA) is 85.9 Å². The predicted octanol–water partition coefficient (Wildman–Crippen LogP) is 2.63. The highest BCUT2D eigenvalue weighted by molar-refractivity contribution is 5.96. The van der Waals surface area contributed by atoms with Gasteiger partial charge in [-0.1, -0.05) is 17.7 Å². The third kappa shape index (κ3) is 6.22. The van der Waals surface area contributed by atoms with Crippen molar-refractivity contribution in [1.82, 2.24) is 10.9 Å². The van der Waals surface area contributed by atoms with E-state index in [4.69, 9.17) is 14.2 Å². The van der Waals surface area contributed by atoms with Crippen LogP contribution in [-0.2, 0) is 4.79 Å². The molecule has 2 amide bonds. The number of hydrogen-bond donors (Lipinski definition) is 2. The summed E-state index contributed by atoms with van der Waals surface area (Å²) in [6.07, 6.45) is 0.768. The van der Waals surface area contributed by atoms with Crippen LogP contribution in [0.25, 0.3) is 0 Å². The molecule has 2 N–H and O–H groups in total. The van der Waals surface area contributed by atoms with Crippen LogP contribution >= 0.6 is 0 Å².